The predicted molar refractivity (Wildman–Crippen MR) is 176 cm³/mol. The van der Waals surface area contributed by atoms with Crippen LogP contribution in [0.4, 0.5) is 0 Å². The minimum absolute atomic E-state index is 0.109. The maximum atomic E-state index is 12.6. The van der Waals surface area contributed by atoms with E-state index in [1.54, 1.807) is 11.8 Å². The van der Waals surface area contributed by atoms with Gasteiger partial charge in [-0.25, -0.2) is 0 Å². The highest BCUT2D eigenvalue weighted by Gasteiger charge is 2.53. The summed E-state index contributed by atoms with van der Waals surface area (Å²) in [5.41, 5.74) is 1.66. The standard InChI is InChI=1S/C33H34Cl3NO8S/c1-21(38)40-19-26-28(41-18-23-12-6-3-7-13-23)29(42-22(2)39)30(31(44-26)45-32(37)33(34,35)36)43-27(24-14-8-4-9-15-24)20-46-25-16-10-5-11-17-25/h3-17,26-31,37H,18-20H2,1-2H3/t26-,27-,28-,29+,30-,31?/m1/s1. The SMILES string of the molecule is CC(=O)OC[C@H]1OC(OC(=N)C(Cl)(Cl)Cl)[C@H](O[C@H](CSc2ccccc2)c2ccccc2)[C@@H](OC(C)=O)[C@@H]1OCc1ccccc1. The molecule has 1 N–H and O–H groups in total. The van der Waals surface area contributed by atoms with Crippen LogP contribution in [-0.2, 0) is 44.6 Å². The van der Waals surface area contributed by atoms with Gasteiger partial charge in [0.2, 0.25) is 12.2 Å². The molecule has 246 valence electrons. The normalized spacial score (nSPS) is 22.0. The van der Waals surface area contributed by atoms with Gasteiger partial charge in [0.1, 0.15) is 18.8 Å². The molecule has 46 heavy (non-hydrogen) atoms. The molecule has 1 aliphatic heterocycles. The second kappa shape index (κ2) is 17.4. The zero-order valence-electron chi connectivity index (χ0n) is 25.1. The second-order valence-corrected chi connectivity index (χ2v) is 13.6. The van der Waals surface area contributed by atoms with Crippen LogP contribution in [0.5, 0.6) is 0 Å². The number of rotatable bonds is 13. The Morgan fingerprint density at radius 2 is 1.46 bits per heavy atom. The van der Waals surface area contributed by atoms with E-state index in [-0.39, 0.29) is 13.2 Å². The fourth-order valence-electron chi connectivity index (χ4n) is 4.69. The third-order valence-electron chi connectivity index (χ3n) is 6.76. The van der Waals surface area contributed by atoms with Crippen LogP contribution in [-0.4, -0.2) is 64.7 Å². The van der Waals surface area contributed by atoms with Crippen molar-refractivity contribution in [3.63, 3.8) is 0 Å². The van der Waals surface area contributed by atoms with Gasteiger partial charge in [0, 0.05) is 24.5 Å². The molecule has 1 aliphatic rings. The molecule has 4 rings (SSSR count). The number of carbonyl (C=O) groups excluding carboxylic acids is 2. The fourth-order valence-corrected chi connectivity index (χ4v) is 5.79. The quantitative estimate of drug-likeness (QED) is 0.0654. The minimum Gasteiger partial charge on any atom is -0.463 e. The molecule has 3 aromatic rings. The van der Waals surface area contributed by atoms with Crippen molar-refractivity contribution < 1.29 is 38.0 Å². The average molecular weight is 711 g/mol. The van der Waals surface area contributed by atoms with Gasteiger partial charge in [-0.1, -0.05) is 114 Å². The molecule has 1 heterocycles. The second-order valence-electron chi connectivity index (χ2n) is 10.2. The van der Waals surface area contributed by atoms with E-state index >= 15 is 0 Å². The Morgan fingerprint density at radius 1 is 0.848 bits per heavy atom. The summed E-state index contributed by atoms with van der Waals surface area (Å²) in [6, 6.07) is 28.6. The van der Waals surface area contributed by atoms with Gasteiger partial charge in [0.05, 0.1) is 12.7 Å². The van der Waals surface area contributed by atoms with Gasteiger partial charge < -0.3 is 28.4 Å². The number of nitrogens with one attached hydrogen (secondary N) is 1. The van der Waals surface area contributed by atoms with Crippen LogP contribution in [0, 0.1) is 5.41 Å². The summed E-state index contributed by atoms with van der Waals surface area (Å²) in [5, 5.41) is 8.31. The topological polar surface area (TPSA) is 113 Å². The molecule has 9 nitrogen and oxygen atoms in total. The summed E-state index contributed by atoms with van der Waals surface area (Å²) in [6.07, 6.45) is -6.44. The molecule has 3 aromatic carbocycles. The summed E-state index contributed by atoms with van der Waals surface area (Å²) >= 11 is 19.5. The summed E-state index contributed by atoms with van der Waals surface area (Å²) in [4.78, 5) is 25.4. The van der Waals surface area contributed by atoms with Gasteiger partial charge >= 0.3 is 11.9 Å². The van der Waals surface area contributed by atoms with Crippen LogP contribution in [0.15, 0.2) is 95.9 Å². The fraction of sp³-hybridized carbons (Fsp3) is 0.364. The molecule has 0 amide bonds. The molecule has 0 aliphatic carbocycles. The van der Waals surface area contributed by atoms with Gasteiger partial charge in [-0.3, -0.25) is 15.0 Å². The van der Waals surface area contributed by atoms with Gasteiger partial charge in [0.25, 0.3) is 3.79 Å². The van der Waals surface area contributed by atoms with E-state index in [9.17, 15) is 9.59 Å². The van der Waals surface area contributed by atoms with E-state index in [2.05, 4.69) is 0 Å². The smallest absolute Gasteiger partial charge is 0.303 e. The number of carbonyl (C=O) groups is 2. The van der Waals surface area contributed by atoms with Crippen LogP contribution in [0.25, 0.3) is 0 Å². The minimum atomic E-state index is -2.24. The van der Waals surface area contributed by atoms with E-state index in [1.165, 1.54) is 13.8 Å². The molecule has 6 atom stereocenters. The number of esters is 2. The third kappa shape index (κ3) is 10.9. The van der Waals surface area contributed by atoms with E-state index in [0.717, 1.165) is 16.0 Å². The molecule has 1 saturated heterocycles. The van der Waals surface area contributed by atoms with Crippen molar-refractivity contribution in [2.75, 3.05) is 12.4 Å². The largest absolute Gasteiger partial charge is 0.463 e. The molecule has 0 saturated carbocycles. The Balaban J connectivity index is 1.74. The van der Waals surface area contributed by atoms with Crippen LogP contribution in [0.3, 0.4) is 0 Å². The van der Waals surface area contributed by atoms with Crippen molar-refractivity contribution >= 4 is 64.4 Å². The maximum absolute atomic E-state index is 12.6. The van der Waals surface area contributed by atoms with Crippen molar-refractivity contribution in [3.8, 4) is 0 Å². The van der Waals surface area contributed by atoms with Gasteiger partial charge in [-0.2, -0.15) is 0 Å². The van der Waals surface area contributed by atoms with Crippen LogP contribution >= 0.6 is 46.6 Å². The zero-order valence-corrected chi connectivity index (χ0v) is 28.1. The van der Waals surface area contributed by atoms with Crippen molar-refractivity contribution in [2.24, 2.45) is 0 Å². The average Bonchev–Trinajstić information content (AvgIpc) is 3.03. The Hall–Kier alpha value is -2.83. The first-order chi connectivity index (χ1) is 22.0. The highest BCUT2D eigenvalue weighted by Crippen LogP contribution is 2.37. The monoisotopic (exact) mass is 709 g/mol. The predicted octanol–water partition coefficient (Wildman–Crippen LogP) is 7.07. The van der Waals surface area contributed by atoms with Crippen molar-refractivity contribution in [1.82, 2.24) is 0 Å². The lowest BCUT2D eigenvalue weighted by Crippen LogP contribution is -2.63. The Bertz CT molecular complexity index is 1410. The maximum Gasteiger partial charge on any atom is 0.303 e. The Labute approximate surface area is 287 Å². The summed E-state index contributed by atoms with van der Waals surface area (Å²) in [5.74, 6) is -1.51. The highest BCUT2D eigenvalue weighted by molar-refractivity contribution is 7.99. The lowest BCUT2D eigenvalue weighted by Gasteiger charge is -2.46. The number of hydrogen-bond acceptors (Lipinski definition) is 10. The number of halogens is 3. The first-order valence-corrected chi connectivity index (χ1v) is 16.5. The van der Waals surface area contributed by atoms with Gasteiger partial charge in [-0.05, 0) is 23.3 Å². The van der Waals surface area contributed by atoms with E-state index in [4.69, 9.17) is 68.6 Å². The molecular weight excluding hydrogens is 677 g/mol. The first-order valence-electron chi connectivity index (χ1n) is 14.3. The highest BCUT2D eigenvalue weighted by atomic mass is 35.6. The molecule has 0 aromatic heterocycles. The molecule has 1 unspecified atom stereocenters. The van der Waals surface area contributed by atoms with Crippen LogP contribution in [0.2, 0.25) is 0 Å². The first kappa shape index (κ1) is 36.0. The van der Waals surface area contributed by atoms with E-state index in [1.807, 2.05) is 91.0 Å². The van der Waals surface area contributed by atoms with Gasteiger partial charge in [0.15, 0.2) is 12.2 Å². The van der Waals surface area contributed by atoms with Crippen molar-refractivity contribution in [2.45, 2.75) is 66.0 Å². The molecule has 13 heteroatoms. The Morgan fingerprint density at radius 3 is 2.04 bits per heavy atom. The molecule has 0 bridgehead atoms. The van der Waals surface area contributed by atoms with Crippen molar-refractivity contribution in [3.05, 3.63) is 102 Å². The van der Waals surface area contributed by atoms with Crippen LogP contribution in [0.1, 0.15) is 31.1 Å². The number of thioether (sulfide) groups is 1. The zero-order chi connectivity index (χ0) is 33.1. The molecular formula is C33H34Cl3NO8S. The third-order valence-corrected chi connectivity index (χ3v) is 8.35. The molecule has 1 fully saturated rings. The van der Waals surface area contributed by atoms with Gasteiger partial charge in [-0.15, -0.1) is 11.8 Å². The lowest BCUT2D eigenvalue weighted by atomic mass is 9.97. The lowest BCUT2D eigenvalue weighted by molar-refractivity contribution is -0.309. The summed E-state index contributed by atoms with van der Waals surface area (Å²) < 4.78 is 34.0. The van der Waals surface area contributed by atoms with E-state index in [0.29, 0.717) is 5.75 Å². The number of benzene rings is 3. The van der Waals surface area contributed by atoms with E-state index < -0.39 is 58.4 Å². The van der Waals surface area contributed by atoms with Crippen LogP contribution < -0.4 is 0 Å². The van der Waals surface area contributed by atoms with Crippen molar-refractivity contribution in [1.29, 1.82) is 5.41 Å². The summed E-state index contributed by atoms with van der Waals surface area (Å²) in [6.45, 7) is 2.32. The number of ether oxygens (including phenoxy) is 6. The number of alkyl halides is 3. The molecule has 0 spiro atoms. The number of hydrogen-bond donors (Lipinski definition) is 1. The Kier molecular flexibility index (Phi) is 13.6. The summed E-state index contributed by atoms with van der Waals surface area (Å²) in [7, 11) is 0. The molecule has 0 radical (unpaired) electrons.